The van der Waals surface area contributed by atoms with Crippen molar-refractivity contribution in [2.75, 3.05) is 32.0 Å². The Bertz CT molecular complexity index is 405. The fraction of sp³-hybridized carbons (Fsp3) is 0.500. The zero-order valence-corrected chi connectivity index (χ0v) is 10.5. The second kappa shape index (κ2) is 3.22. The summed E-state index contributed by atoms with van der Waals surface area (Å²) in [5.74, 6) is 0. The van der Waals surface area contributed by atoms with E-state index in [4.69, 9.17) is 0 Å². The third kappa shape index (κ3) is 1.33. The van der Waals surface area contributed by atoms with Gasteiger partial charge in [-0.15, -0.1) is 0 Å². The van der Waals surface area contributed by atoms with Crippen LogP contribution in [0, 0.1) is 0 Å². The molecule has 15 heavy (non-hydrogen) atoms. The molecule has 1 aromatic carbocycles. The fourth-order valence-corrected chi connectivity index (χ4v) is 3.45. The maximum Gasteiger partial charge on any atom is 0.0524 e. The Balaban J connectivity index is 2.08. The van der Waals surface area contributed by atoms with Crippen LogP contribution in [0.1, 0.15) is 12.0 Å². The van der Waals surface area contributed by atoms with Gasteiger partial charge in [-0.2, -0.15) is 0 Å². The fourth-order valence-electron chi connectivity index (χ4n) is 2.94. The smallest absolute Gasteiger partial charge is 0.0524 e. The monoisotopic (exact) mass is 266 g/mol. The lowest BCUT2D eigenvalue weighted by molar-refractivity contribution is 0.381. The number of hydrogen-bond acceptors (Lipinski definition) is 2. The molecule has 0 amide bonds. The van der Waals surface area contributed by atoms with Crippen molar-refractivity contribution in [1.82, 2.24) is 4.90 Å². The van der Waals surface area contributed by atoms with Crippen molar-refractivity contribution in [1.29, 1.82) is 0 Å². The number of halogens is 1. The zero-order valence-electron chi connectivity index (χ0n) is 8.89. The van der Waals surface area contributed by atoms with E-state index >= 15 is 0 Å². The summed E-state index contributed by atoms with van der Waals surface area (Å²) < 4.78 is 1.20. The highest BCUT2D eigenvalue weighted by Gasteiger charge is 2.43. The molecule has 1 atom stereocenters. The molecule has 1 saturated heterocycles. The van der Waals surface area contributed by atoms with Gasteiger partial charge in [0.05, 0.1) is 5.69 Å². The number of likely N-dealkylation sites (N-methyl/N-ethyl adjacent to an activating group) is 1. The maximum absolute atomic E-state index is 3.62. The van der Waals surface area contributed by atoms with E-state index in [1.807, 2.05) is 0 Å². The molecule has 1 unspecified atom stereocenters. The van der Waals surface area contributed by atoms with E-state index in [1.54, 1.807) is 0 Å². The Labute approximate surface area is 98.8 Å². The lowest BCUT2D eigenvalue weighted by atomic mass is 9.82. The number of fused-ring (bicyclic) bond motifs is 2. The highest BCUT2D eigenvalue weighted by Crippen LogP contribution is 2.45. The average molecular weight is 267 g/mol. The van der Waals surface area contributed by atoms with Crippen LogP contribution in [-0.2, 0) is 5.41 Å². The summed E-state index contributed by atoms with van der Waals surface area (Å²) in [5.41, 5.74) is 3.18. The highest BCUT2D eigenvalue weighted by atomic mass is 79.9. The number of rotatable bonds is 0. The molecule has 0 radical (unpaired) electrons. The number of benzene rings is 1. The van der Waals surface area contributed by atoms with Crippen LogP contribution >= 0.6 is 15.9 Å². The Morgan fingerprint density at radius 1 is 1.47 bits per heavy atom. The molecular weight excluding hydrogens is 252 g/mol. The SMILES string of the molecule is CN1CCC2(CNc3c(Br)cccc32)C1. The van der Waals surface area contributed by atoms with Gasteiger partial charge in [-0.1, -0.05) is 12.1 Å². The molecule has 2 heterocycles. The lowest BCUT2D eigenvalue weighted by Gasteiger charge is -2.23. The Morgan fingerprint density at radius 2 is 2.33 bits per heavy atom. The summed E-state index contributed by atoms with van der Waals surface area (Å²) in [7, 11) is 2.21. The van der Waals surface area contributed by atoms with E-state index in [0.29, 0.717) is 5.41 Å². The molecule has 0 bridgehead atoms. The van der Waals surface area contributed by atoms with Crippen molar-refractivity contribution in [3.63, 3.8) is 0 Å². The minimum absolute atomic E-state index is 0.369. The van der Waals surface area contributed by atoms with Gasteiger partial charge in [0.2, 0.25) is 0 Å². The van der Waals surface area contributed by atoms with E-state index < -0.39 is 0 Å². The van der Waals surface area contributed by atoms with Crippen LogP contribution in [0.25, 0.3) is 0 Å². The summed E-state index contributed by atoms with van der Waals surface area (Å²) in [6.07, 6.45) is 1.28. The van der Waals surface area contributed by atoms with E-state index in [1.165, 1.54) is 35.2 Å². The van der Waals surface area contributed by atoms with Crippen molar-refractivity contribution < 1.29 is 0 Å². The van der Waals surface area contributed by atoms with Gasteiger partial charge in [0.25, 0.3) is 0 Å². The van der Waals surface area contributed by atoms with E-state index in [-0.39, 0.29) is 0 Å². The normalized spacial score (nSPS) is 29.5. The van der Waals surface area contributed by atoms with Crippen molar-refractivity contribution in [3.8, 4) is 0 Å². The van der Waals surface area contributed by atoms with Gasteiger partial charge >= 0.3 is 0 Å². The Hall–Kier alpha value is -0.540. The molecule has 3 rings (SSSR count). The summed E-state index contributed by atoms with van der Waals surface area (Å²) in [6.45, 7) is 3.49. The van der Waals surface area contributed by atoms with Gasteiger partial charge in [-0.25, -0.2) is 0 Å². The number of para-hydroxylation sites is 1. The molecule has 80 valence electrons. The first-order valence-electron chi connectivity index (χ1n) is 5.43. The number of hydrogen-bond donors (Lipinski definition) is 1. The number of likely N-dealkylation sites (tertiary alicyclic amines) is 1. The number of anilines is 1. The summed E-state index contributed by atoms with van der Waals surface area (Å²) in [5, 5.41) is 3.55. The van der Waals surface area contributed by atoms with E-state index in [0.717, 1.165) is 6.54 Å². The molecule has 2 aliphatic rings. The van der Waals surface area contributed by atoms with Gasteiger partial charge in [0, 0.05) is 23.0 Å². The molecule has 0 aromatic heterocycles. The third-order valence-electron chi connectivity index (χ3n) is 3.73. The molecule has 1 spiro atoms. The Kier molecular flexibility index (Phi) is 2.08. The molecule has 2 aliphatic heterocycles. The standard InChI is InChI=1S/C12H15BrN2/c1-15-6-5-12(8-15)7-14-11-9(12)3-2-4-10(11)13/h2-4,14H,5-8H2,1H3. The predicted octanol–water partition coefficient (Wildman–Crippen LogP) is 2.45. The summed E-state index contributed by atoms with van der Waals surface area (Å²) >= 11 is 3.62. The zero-order chi connectivity index (χ0) is 10.5. The first kappa shape index (κ1) is 9.67. The minimum atomic E-state index is 0.369. The van der Waals surface area contributed by atoms with Crippen molar-refractivity contribution >= 4 is 21.6 Å². The van der Waals surface area contributed by atoms with Gasteiger partial charge in [0.15, 0.2) is 0 Å². The lowest BCUT2D eigenvalue weighted by Crippen LogP contribution is -2.31. The maximum atomic E-state index is 3.62. The molecule has 1 aromatic rings. The van der Waals surface area contributed by atoms with Crippen LogP contribution in [0.15, 0.2) is 22.7 Å². The second-order valence-corrected chi connectivity index (χ2v) is 5.64. The number of nitrogens with zero attached hydrogens (tertiary/aromatic N) is 1. The van der Waals surface area contributed by atoms with Crippen LogP contribution < -0.4 is 5.32 Å². The largest absolute Gasteiger partial charge is 0.383 e. The van der Waals surface area contributed by atoms with Crippen LogP contribution in [-0.4, -0.2) is 31.6 Å². The van der Waals surface area contributed by atoms with Crippen molar-refractivity contribution in [2.45, 2.75) is 11.8 Å². The van der Waals surface area contributed by atoms with Gasteiger partial charge < -0.3 is 10.2 Å². The third-order valence-corrected chi connectivity index (χ3v) is 4.39. The van der Waals surface area contributed by atoms with Gasteiger partial charge in [-0.3, -0.25) is 0 Å². The van der Waals surface area contributed by atoms with Crippen LogP contribution in [0.2, 0.25) is 0 Å². The average Bonchev–Trinajstić information content (AvgIpc) is 2.75. The minimum Gasteiger partial charge on any atom is -0.383 e. The first-order chi connectivity index (χ1) is 7.21. The van der Waals surface area contributed by atoms with Crippen molar-refractivity contribution in [3.05, 3.63) is 28.2 Å². The van der Waals surface area contributed by atoms with Crippen molar-refractivity contribution in [2.24, 2.45) is 0 Å². The van der Waals surface area contributed by atoms with Gasteiger partial charge in [0.1, 0.15) is 0 Å². The number of nitrogens with one attached hydrogen (secondary N) is 1. The Morgan fingerprint density at radius 3 is 3.07 bits per heavy atom. The second-order valence-electron chi connectivity index (χ2n) is 4.78. The molecule has 1 fully saturated rings. The highest BCUT2D eigenvalue weighted by molar-refractivity contribution is 9.10. The van der Waals surface area contributed by atoms with Gasteiger partial charge in [-0.05, 0) is 47.6 Å². The molecular formula is C12H15BrN2. The van der Waals surface area contributed by atoms with Crippen LogP contribution in [0.5, 0.6) is 0 Å². The molecule has 3 heteroatoms. The van der Waals surface area contributed by atoms with E-state index in [9.17, 15) is 0 Å². The molecule has 1 N–H and O–H groups in total. The summed E-state index contributed by atoms with van der Waals surface area (Å²) in [4.78, 5) is 2.43. The predicted molar refractivity (Wildman–Crippen MR) is 66.4 cm³/mol. The topological polar surface area (TPSA) is 15.3 Å². The van der Waals surface area contributed by atoms with Crippen LogP contribution in [0.3, 0.4) is 0 Å². The quantitative estimate of drug-likeness (QED) is 0.776. The van der Waals surface area contributed by atoms with E-state index in [2.05, 4.69) is 51.4 Å². The summed E-state index contributed by atoms with van der Waals surface area (Å²) in [6, 6.07) is 6.54. The van der Waals surface area contributed by atoms with Crippen LogP contribution in [0.4, 0.5) is 5.69 Å². The molecule has 2 nitrogen and oxygen atoms in total. The molecule has 0 aliphatic carbocycles. The first-order valence-corrected chi connectivity index (χ1v) is 6.22. The molecule has 0 saturated carbocycles.